The van der Waals surface area contributed by atoms with Crippen molar-refractivity contribution in [2.75, 3.05) is 12.3 Å². The molecule has 0 spiro atoms. The summed E-state index contributed by atoms with van der Waals surface area (Å²) in [6.45, 7) is 9.78. The Labute approximate surface area is 213 Å². The molecule has 1 amide bonds. The van der Waals surface area contributed by atoms with Gasteiger partial charge in [-0.15, -0.1) is 0 Å². The SMILES string of the molecule is CC[C@@H]1CC2C[C@@H](O)CC[C@@]2(C)[C@@H]2CC[C@]3(C)[C@H](CC[C@@H]3[C@H](C)CCC(=O)NCCS(=O)(=O)O)[C@@H]12. The molecule has 1 unspecified atom stereocenters. The van der Waals surface area contributed by atoms with Crippen LogP contribution < -0.4 is 5.32 Å². The molecule has 0 aromatic heterocycles. The van der Waals surface area contributed by atoms with Crippen molar-refractivity contribution in [1.82, 2.24) is 5.32 Å². The predicted molar refractivity (Wildman–Crippen MR) is 138 cm³/mol. The van der Waals surface area contributed by atoms with Crippen molar-refractivity contribution in [3.8, 4) is 0 Å². The molecule has 7 heteroatoms. The Morgan fingerprint density at radius 2 is 1.74 bits per heavy atom. The molecule has 0 heterocycles. The highest BCUT2D eigenvalue weighted by Crippen LogP contribution is 2.69. The number of carbonyl (C=O) groups is 1. The summed E-state index contributed by atoms with van der Waals surface area (Å²) in [7, 11) is -4.04. The Morgan fingerprint density at radius 1 is 1.06 bits per heavy atom. The molecule has 4 saturated carbocycles. The van der Waals surface area contributed by atoms with E-state index in [0.29, 0.717) is 35.0 Å². The van der Waals surface area contributed by atoms with Gasteiger partial charge in [-0.05, 0) is 110 Å². The second-order valence-corrected chi connectivity index (χ2v) is 14.8. The van der Waals surface area contributed by atoms with E-state index in [-0.39, 0.29) is 18.6 Å². The van der Waals surface area contributed by atoms with Crippen molar-refractivity contribution < 1.29 is 22.9 Å². The van der Waals surface area contributed by atoms with Crippen LogP contribution >= 0.6 is 0 Å². The number of aliphatic hydroxyl groups is 1. The van der Waals surface area contributed by atoms with Gasteiger partial charge in [-0.25, -0.2) is 0 Å². The fraction of sp³-hybridized carbons (Fsp3) is 0.964. The molecular weight excluding hydrogens is 462 g/mol. The van der Waals surface area contributed by atoms with Crippen molar-refractivity contribution >= 4 is 16.0 Å². The first kappa shape index (κ1) is 27.4. The van der Waals surface area contributed by atoms with Gasteiger partial charge in [0, 0.05) is 13.0 Å². The van der Waals surface area contributed by atoms with Crippen LogP contribution in [0.15, 0.2) is 0 Å². The maximum Gasteiger partial charge on any atom is 0.266 e. The molecule has 0 radical (unpaired) electrons. The van der Waals surface area contributed by atoms with E-state index in [1.165, 1.54) is 44.9 Å². The van der Waals surface area contributed by atoms with Gasteiger partial charge in [-0.1, -0.05) is 34.1 Å². The van der Waals surface area contributed by atoms with Gasteiger partial charge in [-0.2, -0.15) is 8.42 Å². The molecule has 0 aromatic carbocycles. The highest BCUT2D eigenvalue weighted by Gasteiger charge is 2.62. The Kier molecular flexibility index (Phi) is 8.01. The lowest BCUT2D eigenvalue weighted by atomic mass is 9.42. The Bertz CT molecular complexity index is 877. The molecule has 6 nitrogen and oxygen atoms in total. The smallest absolute Gasteiger partial charge is 0.266 e. The number of nitrogens with one attached hydrogen (secondary N) is 1. The van der Waals surface area contributed by atoms with Gasteiger partial charge in [0.1, 0.15) is 0 Å². The average Bonchev–Trinajstić information content (AvgIpc) is 3.14. The average molecular weight is 512 g/mol. The molecule has 0 aliphatic heterocycles. The second-order valence-electron chi connectivity index (χ2n) is 13.2. The fourth-order valence-electron chi connectivity index (χ4n) is 9.78. The zero-order valence-corrected chi connectivity index (χ0v) is 23.2. The van der Waals surface area contributed by atoms with E-state index in [0.717, 1.165) is 42.9 Å². The normalized spacial score (nSPS) is 44.1. The lowest BCUT2D eigenvalue weighted by Gasteiger charge is -2.63. The highest BCUT2D eigenvalue weighted by atomic mass is 32.2. The zero-order chi connectivity index (χ0) is 25.6. The Balaban J connectivity index is 1.41. The molecule has 4 aliphatic carbocycles. The van der Waals surface area contributed by atoms with Crippen LogP contribution in [0.1, 0.15) is 98.3 Å². The predicted octanol–water partition coefficient (Wildman–Crippen LogP) is 5.06. The molecule has 0 bridgehead atoms. The van der Waals surface area contributed by atoms with Gasteiger partial charge in [-0.3, -0.25) is 9.35 Å². The molecule has 202 valence electrons. The van der Waals surface area contributed by atoms with Crippen molar-refractivity contribution in [2.45, 2.75) is 104 Å². The minimum absolute atomic E-state index is 0.0342. The third-order valence-corrected chi connectivity index (χ3v) is 12.3. The number of amides is 1. The number of aliphatic hydroxyl groups excluding tert-OH is 1. The first-order valence-corrected chi connectivity index (χ1v) is 15.9. The van der Waals surface area contributed by atoms with E-state index in [1.54, 1.807) is 0 Å². The van der Waals surface area contributed by atoms with Gasteiger partial charge < -0.3 is 10.4 Å². The van der Waals surface area contributed by atoms with Crippen LogP contribution in [0.4, 0.5) is 0 Å². The second kappa shape index (κ2) is 10.2. The highest BCUT2D eigenvalue weighted by molar-refractivity contribution is 7.85. The van der Waals surface area contributed by atoms with E-state index in [9.17, 15) is 18.3 Å². The van der Waals surface area contributed by atoms with Gasteiger partial charge in [0.15, 0.2) is 0 Å². The Hall–Kier alpha value is -0.660. The summed E-state index contributed by atoms with van der Waals surface area (Å²) in [6.07, 6.45) is 12.0. The summed E-state index contributed by atoms with van der Waals surface area (Å²) in [5.41, 5.74) is 0.730. The van der Waals surface area contributed by atoms with E-state index in [2.05, 4.69) is 33.0 Å². The number of hydrogen-bond acceptors (Lipinski definition) is 4. The molecular formula is C28H49NO5S. The Morgan fingerprint density at radius 3 is 2.43 bits per heavy atom. The van der Waals surface area contributed by atoms with Crippen LogP contribution in [-0.2, 0) is 14.9 Å². The molecule has 0 saturated heterocycles. The summed E-state index contributed by atoms with van der Waals surface area (Å²) < 4.78 is 30.6. The van der Waals surface area contributed by atoms with Gasteiger partial charge in [0.2, 0.25) is 5.91 Å². The number of rotatable bonds is 8. The first-order valence-electron chi connectivity index (χ1n) is 14.3. The molecule has 10 atom stereocenters. The first-order chi connectivity index (χ1) is 16.4. The van der Waals surface area contributed by atoms with Crippen LogP contribution in [0.25, 0.3) is 0 Å². The van der Waals surface area contributed by atoms with Crippen LogP contribution in [0.5, 0.6) is 0 Å². The number of carbonyl (C=O) groups excluding carboxylic acids is 1. The minimum Gasteiger partial charge on any atom is -0.393 e. The number of hydrogen-bond donors (Lipinski definition) is 3. The molecule has 35 heavy (non-hydrogen) atoms. The van der Waals surface area contributed by atoms with Crippen molar-refractivity contribution in [3.05, 3.63) is 0 Å². The van der Waals surface area contributed by atoms with E-state index < -0.39 is 15.9 Å². The molecule has 4 rings (SSSR count). The van der Waals surface area contributed by atoms with Gasteiger partial charge in [0.05, 0.1) is 11.9 Å². The molecule has 4 fully saturated rings. The fourth-order valence-corrected chi connectivity index (χ4v) is 10.1. The van der Waals surface area contributed by atoms with E-state index in [1.807, 2.05) is 0 Å². The van der Waals surface area contributed by atoms with Crippen molar-refractivity contribution in [3.63, 3.8) is 0 Å². The number of fused-ring (bicyclic) bond motifs is 5. The lowest BCUT2D eigenvalue weighted by molar-refractivity contribution is -0.154. The largest absolute Gasteiger partial charge is 0.393 e. The third-order valence-electron chi connectivity index (χ3n) is 11.6. The van der Waals surface area contributed by atoms with Crippen LogP contribution in [-0.4, -0.2) is 42.4 Å². The maximum atomic E-state index is 12.3. The summed E-state index contributed by atoms with van der Waals surface area (Å²) in [4.78, 5) is 12.3. The monoisotopic (exact) mass is 511 g/mol. The van der Waals surface area contributed by atoms with Gasteiger partial charge in [0.25, 0.3) is 10.1 Å². The molecule has 3 N–H and O–H groups in total. The summed E-state index contributed by atoms with van der Waals surface area (Å²) in [5.74, 6) is 4.35. The lowest BCUT2D eigenvalue weighted by Crippen LogP contribution is -2.57. The standard InChI is InChI=1S/C28H49NO5S/c1-5-19-16-20-17-21(30)10-12-27(20,3)24-11-13-28(4)22(7-8-23(28)26(19)24)18(2)6-9-25(31)29-14-15-35(32,33)34/h18-24,26,30H,5-17H2,1-4H3,(H,29,31)(H,32,33,34)/t18-,19-,20?,21+,22-,23-,24-,26-,27-,28+/m1/s1. The topological polar surface area (TPSA) is 104 Å². The van der Waals surface area contributed by atoms with Crippen LogP contribution in [0.2, 0.25) is 0 Å². The van der Waals surface area contributed by atoms with Crippen molar-refractivity contribution in [1.29, 1.82) is 0 Å². The summed E-state index contributed by atoms with van der Waals surface area (Å²) in [5, 5.41) is 13.1. The third kappa shape index (κ3) is 5.34. The molecule has 0 aromatic rings. The van der Waals surface area contributed by atoms with Crippen LogP contribution in [0.3, 0.4) is 0 Å². The summed E-state index contributed by atoms with van der Waals surface area (Å²) >= 11 is 0. The van der Waals surface area contributed by atoms with Crippen LogP contribution in [0, 0.1) is 52.3 Å². The van der Waals surface area contributed by atoms with E-state index in [4.69, 9.17) is 4.55 Å². The minimum atomic E-state index is -4.04. The summed E-state index contributed by atoms with van der Waals surface area (Å²) in [6, 6.07) is 0. The maximum absolute atomic E-state index is 12.3. The zero-order valence-electron chi connectivity index (χ0n) is 22.3. The van der Waals surface area contributed by atoms with E-state index >= 15 is 0 Å². The van der Waals surface area contributed by atoms with Crippen molar-refractivity contribution in [2.24, 2.45) is 52.3 Å². The quantitative estimate of drug-likeness (QED) is 0.395. The molecule has 4 aliphatic rings. The van der Waals surface area contributed by atoms with Gasteiger partial charge >= 0.3 is 0 Å².